The van der Waals surface area contributed by atoms with Gasteiger partial charge in [-0.25, -0.2) is 0 Å². The summed E-state index contributed by atoms with van der Waals surface area (Å²) in [5, 5.41) is 3.28. The van der Waals surface area contributed by atoms with E-state index in [0.717, 1.165) is 19.5 Å². The van der Waals surface area contributed by atoms with Crippen LogP contribution in [0.15, 0.2) is 0 Å². The third-order valence-electron chi connectivity index (χ3n) is 2.22. The highest BCUT2D eigenvalue weighted by Gasteiger charge is 2.15. The zero-order chi connectivity index (χ0) is 8.81. The maximum absolute atomic E-state index is 11.0. The Kier molecular flexibility index (Phi) is 7.00. The van der Waals surface area contributed by atoms with E-state index in [0.29, 0.717) is 18.9 Å². The summed E-state index contributed by atoms with van der Waals surface area (Å²) in [7, 11) is 0. The lowest BCUT2D eigenvalue weighted by atomic mass is 10.0. The molecule has 0 aliphatic carbocycles. The number of rotatable bonds is 4. The van der Waals surface area contributed by atoms with Gasteiger partial charge in [0, 0.05) is 6.42 Å². The van der Waals surface area contributed by atoms with Gasteiger partial charge in [-0.2, -0.15) is 0 Å². The van der Waals surface area contributed by atoms with Crippen LogP contribution in [0.25, 0.3) is 0 Å². The first-order valence-corrected chi connectivity index (χ1v) is 4.69. The first kappa shape index (κ1) is 12.7. The molecule has 1 rings (SSSR count). The van der Waals surface area contributed by atoms with Crippen LogP contribution >= 0.6 is 12.4 Å². The number of nitrogens with one attached hydrogen (secondary N) is 1. The van der Waals surface area contributed by atoms with Crippen molar-refractivity contribution in [2.75, 3.05) is 19.7 Å². The van der Waals surface area contributed by atoms with Crippen molar-refractivity contribution in [1.82, 2.24) is 5.32 Å². The monoisotopic (exact) mass is 207 g/mol. The largest absolute Gasteiger partial charge is 0.466 e. The molecule has 4 heteroatoms. The molecule has 0 aromatic rings. The second-order valence-electron chi connectivity index (χ2n) is 3.20. The minimum atomic E-state index is -0.0515. The minimum absolute atomic E-state index is 0. The molecule has 13 heavy (non-hydrogen) atoms. The van der Waals surface area contributed by atoms with Crippen molar-refractivity contribution >= 4 is 18.4 Å². The Labute approximate surface area is 85.6 Å². The maximum atomic E-state index is 11.0. The van der Waals surface area contributed by atoms with Crippen molar-refractivity contribution in [3.05, 3.63) is 0 Å². The molecule has 1 heterocycles. The van der Waals surface area contributed by atoms with Crippen LogP contribution in [0.3, 0.4) is 0 Å². The number of hydrogen-bond acceptors (Lipinski definition) is 3. The molecule has 1 aliphatic heterocycles. The first-order valence-electron chi connectivity index (χ1n) is 4.69. The van der Waals surface area contributed by atoms with Gasteiger partial charge < -0.3 is 10.1 Å². The van der Waals surface area contributed by atoms with Gasteiger partial charge in [0.15, 0.2) is 0 Å². The molecule has 0 aromatic carbocycles. The minimum Gasteiger partial charge on any atom is -0.466 e. The summed E-state index contributed by atoms with van der Waals surface area (Å²) in [6.07, 6.45) is 2.77. The van der Waals surface area contributed by atoms with Crippen molar-refractivity contribution in [2.24, 2.45) is 5.92 Å². The SMILES string of the molecule is CCOC(=O)CCC1CCNC1.Cl. The van der Waals surface area contributed by atoms with Crippen LogP contribution < -0.4 is 5.32 Å². The van der Waals surface area contributed by atoms with Gasteiger partial charge in [0.2, 0.25) is 0 Å². The summed E-state index contributed by atoms with van der Waals surface area (Å²) >= 11 is 0. The lowest BCUT2D eigenvalue weighted by molar-refractivity contribution is -0.143. The number of carbonyl (C=O) groups is 1. The molecule has 1 fully saturated rings. The Morgan fingerprint density at radius 1 is 1.62 bits per heavy atom. The Balaban J connectivity index is 0.00000144. The number of halogens is 1. The van der Waals surface area contributed by atoms with E-state index >= 15 is 0 Å². The van der Waals surface area contributed by atoms with Gasteiger partial charge in [-0.05, 0) is 38.8 Å². The van der Waals surface area contributed by atoms with Crippen LogP contribution in [0.2, 0.25) is 0 Å². The highest BCUT2D eigenvalue weighted by molar-refractivity contribution is 5.85. The van der Waals surface area contributed by atoms with Gasteiger partial charge in [0.05, 0.1) is 6.61 Å². The number of hydrogen-bond donors (Lipinski definition) is 1. The highest BCUT2D eigenvalue weighted by Crippen LogP contribution is 2.14. The fourth-order valence-electron chi connectivity index (χ4n) is 1.52. The van der Waals surface area contributed by atoms with E-state index in [1.165, 1.54) is 6.42 Å². The third-order valence-corrected chi connectivity index (χ3v) is 2.22. The van der Waals surface area contributed by atoms with Crippen LogP contribution in [0.5, 0.6) is 0 Å². The van der Waals surface area contributed by atoms with Crippen molar-refractivity contribution in [3.63, 3.8) is 0 Å². The molecule has 1 atom stereocenters. The summed E-state index contributed by atoms with van der Waals surface area (Å²) < 4.78 is 4.84. The van der Waals surface area contributed by atoms with Gasteiger partial charge >= 0.3 is 5.97 Å². The van der Waals surface area contributed by atoms with Crippen LogP contribution in [0.4, 0.5) is 0 Å². The predicted molar refractivity (Wildman–Crippen MR) is 54.1 cm³/mol. The molecule has 0 radical (unpaired) electrons. The molecular weight excluding hydrogens is 190 g/mol. The topological polar surface area (TPSA) is 38.3 Å². The van der Waals surface area contributed by atoms with Crippen LogP contribution in [-0.2, 0) is 9.53 Å². The first-order chi connectivity index (χ1) is 5.83. The second kappa shape index (κ2) is 7.15. The predicted octanol–water partition coefficient (Wildman–Crippen LogP) is 1.36. The standard InChI is InChI=1S/C9H17NO2.ClH/c1-2-12-9(11)4-3-8-5-6-10-7-8;/h8,10H,2-7H2,1H3;1H. The van der Waals surface area contributed by atoms with E-state index in [9.17, 15) is 4.79 Å². The van der Waals surface area contributed by atoms with Gasteiger partial charge in [0.25, 0.3) is 0 Å². The molecule has 0 aromatic heterocycles. The Morgan fingerprint density at radius 2 is 2.38 bits per heavy atom. The summed E-state index contributed by atoms with van der Waals surface area (Å²) in [6.45, 7) is 4.52. The van der Waals surface area contributed by atoms with Crippen molar-refractivity contribution < 1.29 is 9.53 Å². The molecule has 3 nitrogen and oxygen atoms in total. The molecular formula is C9H18ClNO2. The van der Waals surface area contributed by atoms with Gasteiger partial charge in [-0.15, -0.1) is 12.4 Å². The summed E-state index contributed by atoms with van der Waals surface area (Å²) in [4.78, 5) is 11.0. The smallest absolute Gasteiger partial charge is 0.305 e. The quantitative estimate of drug-likeness (QED) is 0.708. The molecule has 1 aliphatic rings. The van der Waals surface area contributed by atoms with Crippen molar-refractivity contribution in [1.29, 1.82) is 0 Å². The van der Waals surface area contributed by atoms with Crippen molar-refractivity contribution in [2.45, 2.75) is 26.2 Å². The lowest BCUT2D eigenvalue weighted by Gasteiger charge is -2.06. The molecule has 0 amide bonds. The average molecular weight is 208 g/mol. The zero-order valence-corrected chi connectivity index (χ0v) is 8.86. The summed E-state index contributed by atoms with van der Waals surface area (Å²) in [5.74, 6) is 0.638. The molecule has 0 bridgehead atoms. The highest BCUT2D eigenvalue weighted by atomic mass is 35.5. The molecule has 1 N–H and O–H groups in total. The lowest BCUT2D eigenvalue weighted by Crippen LogP contribution is -2.11. The third kappa shape index (κ3) is 5.11. The van der Waals surface area contributed by atoms with E-state index in [4.69, 9.17) is 4.74 Å². The van der Waals surface area contributed by atoms with Crippen molar-refractivity contribution in [3.8, 4) is 0 Å². The molecule has 1 unspecified atom stereocenters. The van der Waals surface area contributed by atoms with E-state index in [1.807, 2.05) is 6.92 Å². The van der Waals surface area contributed by atoms with Crippen LogP contribution in [0.1, 0.15) is 26.2 Å². The molecule has 1 saturated heterocycles. The number of esters is 1. The van der Waals surface area contributed by atoms with Gasteiger partial charge in [-0.3, -0.25) is 4.79 Å². The Bertz CT molecular complexity index is 147. The molecule has 0 spiro atoms. The average Bonchev–Trinajstić information content (AvgIpc) is 2.53. The van der Waals surface area contributed by atoms with Crippen LogP contribution in [0, 0.1) is 5.92 Å². The van der Waals surface area contributed by atoms with Gasteiger partial charge in [0.1, 0.15) is 0 Å². The summed E-state index contributed by atoms with van der Waals surface area (Å²) in [5.41, 5.74) is 0. The summed E-state index contributed by atoms with van der Waals surface area (Å²) in [6, 6.07) is 0. The molecule has 78 valence electrons. The van der Waals surface area contributed by atoms with E-state index < -0.39 is 0 Å². The Hall–Kier alpha value is -0.280. The number of carbonyl (C=O) groups excluding carboxylic acids is 1. The maximum Gasteiger partial charge on any atom is 0.305 e. The van der Waals surface area contributed by atoms with E-state index in [-0.39, 0.29) is 18.4 Å². The normalized spacial score (nSPS) is 20.8. The van der Waals surface area contributed by atoms with E-state index in [2.05, 4.69) is 5.32 Å². The Morgan fingerprint density at radius 3 is 2.92 bits per heavy atom. The van der Waals surface area contributed by atoms with E-state index in [1.54, 1.807) is 0 Å². The fraction of sp³-hybridized carbons (Fsp3) is 0.889. The molecule has 0 saturated carbocycles. The van der Waals surface area contributed by atoms with Gasteiger partial charge in [-0.1, -0.05) is 0 Å². The van der Waals surface area contributed by atoms with Crippen LogP contribution in [-0.4, -0.2) is 25.7 Å². The number of ether oxygens (including phenoxy) is 1. The second-order valence-corrected chi connectivity index (χ2v) is 3.20. The fourth-order valence-corrected chi connectivity index (χ4v) is 1.52. The zero-order valence-electron chi connectivity index (χ0n) is 8.04.